The van der Waals surface area contributed by atoms with Gasteiger partial charge in [0.15, 0.2) is 0 Å². The van der Waals surface area contributed by atoms with Crippen LogP contribution in [-0.2, 0) is 31.3 Å². The number of amides is 1. The molecule has 3 aromatic carbocycles. The van der Waals surface area contributed by atoms with Crippen molar-refractivity contribution in [3.8, 4) is 0 Å². The first kappa shape index (κ1) is 29.1. The minimum Gasteiger partial charge on any atom is -0.326 e. The van der Waals surface area contributed by atoms with Crippen LogP contribution in [0.4, 0.5) is 11.4 Å². The summed E-state index contributed by atoms with van der Waals surface area (Å²) in [7, 11) is -7.33. The molecule has 39 heavy (non-hydrogen) atoms. The molecule has 0 bridgehead atoms. The van der Waals surface area contributed by atoms with Crippen LogP contribution in [0.25, 0.3) is 0 Å². The van der Waals surface area contributed by atoms with Gasteiger partial charge in [-0.15, -0.1) is 0 Å². The Kier molecular flexibility index (Phi) is 9.32. The molecule has 1 fully saturated rings. The number of anilines is 2. The van der Waals surface area contributed by atoms with Crippen LogP contribution in [0.5, 0.6) is 0 Å². The Morgan fingerprint density at radius 3 is 2.36 bits per heavy atom. The van der Waals surface area contributed by atoms with Crippen molar-refractivity contribution in [2.75, 3.05) is 28.9 Å². The Balaban J connectivity index is 1.32. The second-order valence-electron chi connectivity index (χ2n) is 9.69. The predicted octanol–water partition coefficient (Wildman–Crippen LogP) is 5.06. The third-order valence-corrected chi connectivity index (χ3v) is 10.4. The summed E-state index contributed by atoms with van der Waals surface area (Å²) < 4.78 is 55.3. The van der Waals surface area contributed by atoms with Crippen molar-refractivity contribution in [3.05, 3.63) is 88.9 Å². The number of rotatable bonds is 10. The fourth-order valence-electron chi connectivity index (χ4n) is 4.47. The summed E-state index contributed by atoms with van der Waals surface area (Å²) in [5.74, 6) is -0.740. The van der Waals surface area contributed by atoms with Gasteiger partial charge in [0.2, 0.25) is 15.9 Å². The largest absolute Gasteiger partial charge is 0.326 e. The maximum atomic E-state index is 12.9. The van der Waals surface area contributed by atoms with Gasteiger partial charge in [-0.25, -0.2) is 21.1 Å². The van der Waals surface area contributed by atoms with Crippen LogP contribution in [0.15, 0.2) is 77.7 Å². The Bertz CT molecular complexity index is 1510. The van der Waals surface area contributed by atoms with Crippen molar-refractivity contribution in [2.45, 2.75) is 37.5 Å². The second kappa shape index (κ2) is 12.5. The normalized spacial score (nSPS) is 16.5. The van der Waals surface area contributed by atoms with Crippen molar-refractivity contribution in [1.29, 1.82) is 0 Å². The van der Waals surface area contributed by atoms with Crippen molar-refractivity contribution in [3.63, 3.8) is 0 Å². The molecule has 2 N–H and O–H groups in total. The SMILES string of the molecule is Cc1ccc(NS(=O)(=O)c2ccc(NC(=O)[C@@H]3CCCN(S(=O)(=O)CCCc4ccccc4)C3)cc2)cc1Cl. The van der Waals surface area contributed by atoms with Gasteiger partial charge in [-0.1, -0.05) is 48.0 Å². The number of nitrogens with one attached hydrogen (secondary N) is 2. The maximum Gasteiger partial charge on any atom is 0.261 e. The first-order chi connectivity index (χ1) is 18.5. The van der Waals surface area contributed by atoms with E-state index in [0.29, 0.717) is 48.6 Å². The van der Waals surface area contributed by atoms with Crippen molar-refractivity contribution < 1.29 is 21.6 Å². The van der Waals surface area contributed by atoms with E-state index in [1.165, 1.54) is 28.6 Å². The van der Waals surface area contributed by atoms with Gasteiger partial charge in [-0.3, -0.25) is 9.52 Å². The lowest BCUT2D eigenvalue weighted by Crippen LogP contribution is -2.44. The zero-order valence-corrected chi connectivity index (χ0v) is 24.0. The van der Waals surface area contributed by atoms with E-state index >= 15 is 0 Å². The third kappa shape index (κ3) is 7.82. The Morgan fingerprint density at radius 1 is 0.974 bits per heavy atom. The number of nitrogens with zero attached hydrogens (tertiary/aromatic N) is 1. The summed E-state index contributed by atoms with van der Waals surface area (Å²) in [4.78, 5) is 13.0. The highest BCUT2D eigenvalue weighted by Gasteiger charge is 2.32. The van der Waals surface area contributed by atoms with Gasteiger partial charge in [0.25, 0.3) is 10.0 Å². The topological polar surface area (TPSA) is 113 Å². The summed E-state index contributed by atoms with van der Waals surface area (Å²) in [6, 6.07) is 20.5. The summed E-state index contributed by atoms with van der Waals surface area (Å²) >= 11 is 6.09. The average molecular weight is 590 g/mol. The van der Waals surface area contributed by atoms with Crippen LogP contribution >= 0.6 is 11.6 Å². The molecule has 4 rings (SSSR count). The molecule has 0 aliphatic carbocycles. The number of benzene rings is 3. The molecular weight excluding hydrogens is 558 g/mol. The zero-order valence-electron chi connectivity index (χ0n) is 21.6. The molecule has 1 heterocycles. The number of sulfonamides is 2. The molecule has 1 aliphatic rings. The molecule has 1 atom stereocenters. The fraction of sp³-hybridized carbons (Fsp3) is 0.321. The highest BCUT2D eigenvalue weighted by Crippen LogP contribution is 2.25. The lowest BCUT2D eigenvalue weighted by atomic mass is 9.99. The molecule has 1 aliphatic heterocycles. The molecular formula is C28H32ClN3O5S2. The lowest BCUT2D eigenvalue weighted by molar-refractivity contribution is -0.120. The first-order valence-electron chi connectivity index (χ1n) is 12.8. The van der Waals surface area contributed by atoms with E-state index in [1.807, 2.05) is 37.3 Å². The Hall–Kier alpha value is -2.92. The van der Waals surface area contributed by atoms with E-state index in [4.69, 9.17) is 11.6 Å². The molecule has 8 nitrogen and oxygen atoms in total. The van der Waals surface area contributed by atoms with Crippen LogP contribution in [0.3, 0.4) is 0 Å². The van der Waals surface area contributed by atoms with Crippen LogP contribution in [0.2, 0.25) is 5.02 Å². The van der Waals surface area contributed by atoms with E-state index in [-0.39, 0.29) is 23.1 Å². The standard InChI is InChI=1S/C28H32ClN3O5S2/c1-21-11-12-25(19-27(21)29)31-39(36,37)26-15-13-24(14-16-26)30-28(33)23-10-5-17-32(20-23)38(34,35)18-6-9-22-7-3-2-4-8-22/h2-4,7-8,11-16,19,23,31H,5-6,9-10,17-18,20H2,1H3,(H,30,33)/t23-/m1/s1. The highest BCUT2D eigenvalue weighted by atomic mass is 35.5. The number of hydrogen-bond donors (Lipinski definition) is 2. The number of aryl methyl sites for hydroxylation is 2. The van der Waals surface area contributed by atoms with Crippen molar-refractivity contribution >= 4 is 48.9 Å². The molecule has 0 unspecified atom stereocenters. The Labute approximate surface area is 235 Å². The summed E-state index contributed by atoms with van der Waals surface area (Å²) in [5.41, 5.74) is 2.71. The molecule has 0 radical (unpaired) electrons. The van der Waals surface area contributed by atoms with Crippen LogP contribution in [0, 0.1) is 12.8 Å². The molecule has 1 saturated heterocycles. The number of piperidine rings is 1. The minimum absolute atomic E-state index is 0.0302. The van der Waals surface area contributed by atoms with Crippen LogP contribution in [-0.4, -0.2) is 45.9 Å². The molecule has 208 valence electrons. The number of carbonyl (C=O) groups is 1. The van der Waals surface area contributed by atoms with Gasteiger partial charge in [0.1, 0.15) is 0 Å². The number of carbonyl (C=O) groups excluding carboxylic acids is 1. The average Bonchev–Trinajstić information content (AvgIpc) is 2.91. The predicted molar refractivity (Wildman–Crippen MR) is 155 cm³/mol. The molecule has 0 aromatic heterocycles. The molecule has 0 spiro atoms. The van der Waals surface area contributed by atoms with Gasteiger partial charge in [-0.2, -0.15) is 0 Å². The summed E-state index contributed by atoms with van der Waals surface area (Å²) in [6.45, 7) is 2.36. The zero-order chi connectivity index (χ0) is 28.0. The molecule has 0 saturated carbocycles. The van der Waals surface area contributed by atoms with E-state index in [2.05, 4.69) is 10.0 Å². The lowest BCUT2D eigenvalue weighted by Gasteiger charge is -2.31. The van der Waals surface area contributed by atoms with E-state index < -0.39 is 26.0 Å². The minimum atomic E-state index is -3.85. The molecule has 11 heteroatoms. The van der Waals surface area contributed by atoms with E-state index in [1.54, 1.807) is 18.2 Å². The van der Waals surface area contributed by atoms with Crippen LogP contribution < -0.4 is 10.0 Å². The second-order valence-corrected chi connectivity index (χ2v) is 13.9. The fourth-order valence-corrected chi connectivity index (χ4v) is 7.29. The monoisotopic (exact) mass is 589 g/mol. The van der Waals surface area contributed by atoms with Gasteiger partial charge < -0.3 is 5.32 Å². The van der Waals surface area contributed by atoms with E-state index in [0.717, 1.165) is 11.1 Å². The highest BCUT2D eigenvalue weighted by molar-refractivity contribution is 7.92. The number of hydrogen-bond acceptors (Lipinski definition) is 5. The maximum absolute atomic E-state index is 12.9. The summed E-state index contributed by atoms with van der Waals surface area (Å²) in [6.07, 6.45) is 2.37. The smallest absolute Gasteiger partial charge is 0.261 e. The number of halogens is 1. The molecule has 3 aromatic rings. The summed E-state index contributed by atoms with van der Waals surface area (Å²) in [5, 5.41) is 3.25. The first-order valence-corrected chi connectivity index (χ1v) is 16.2. The van der Waals surface area contributed by atoms with Gasteiger partial charge in [0.05, 0.1) is 22.3 Å². The van der Waals surface area contributed by atoms with Crippen LogP contribution in [0.1, 0.15) is 30.4 Å². The molecule has 1 amide bonds. The van der Waals surface area contributed by atoms with E-state index in [9.17, 15) is 21.6 Å². The third-order valence-electron chi connectivity index (χ3n) is 6.72. The Morgan fingerprint density at radius 2 is 1.67 bits per heavy atom. The van der Waals surface area contributed by atoms with Crippen molar-refractivity contribution in [2.24, 2.45) is 5.92 Å². The quantitative estimate of drug-likeness (QED) is 0.343. The van der Waals surface area contributed by atoms with Gasteiger partial charge >= 0.3 is 0 Å². The van der Waals surface area contributed by atoms with Gasteiger partial charge in [0, 0.05) is 23.8 Å². The van der Waals surface area contributed by atoms with Crippen molar-refractivity contribution in [1.82, 2.24) is 4.31 Å². The van der Waals surface area contributed by atoms with Gasteiger partial charge in [-0.05, 0) is 80.1 Å².